The molecule has 2 heterocycles. The second kappa shape index (κ2) is 8.97. The largest absolute Gasteiger partial charge is 0.494 e. The second-order valence-corrected chi connectivity index (χ2v) is 7.53. The third-order valence-electron chi connectivity index (χ3n) is 4.70. The molecule has 2 aromatic heterocycles. The zero-order chi connectivity index (χ0) is 20.9. The van der Waals surface area contributed by atoms with Gasteiger partial charge in [-0.15, -0.1) is 11.3 Å². The summed E-state index contributed by atoms with van der Waals surface area (Å²) in [6, 6.07) is 17.8. The SMILES string of the molecule is CCOc1ccccc1CNC(=O)c1scc(-c2ccc(F)cc2)c1-n1cccc1. The summed E-state index contributed by atoms with van der Waals surface area (Å²) in [4.78, 5) is 13.7. The fourth-order valence-corrected chi connectivity index (χ4v) is 4.28. The molecule has 4 rings (SSSR count). The Labute approximate surface area is 178 Å². The van der Waals surface area contributed by atoms with Crippen LogP contribution in [0.5, 0.6) is 5.75 Å². The third kappa shape index (κ3) is 4.14. The lowest BCUT2D eigenvalue weighted by Gasteiger charge is -2.12. The lowest BCUT2D eigenvalue weighted by molar-refractivity contribution is 0.0954. The first kappa shape index (κ1) is 19.9. The molecule has 0 saturated carbocycles. The minimum absolute atomic E-state index is 0.164. The maximum atomic E-state index is 13.4. The number of nitrogens with one attached hydrogen (secondary N) is 1. The van der Waals surface area contributed by atoms with E-state index in [9.17, 15) is 9.18 Å². The molecule has 0 spiro atoms. The van der Waals surface area contributed by atoms with Crippen molar-refractivity contribution in [1.29, 1.82) is 0 Å². The van der Waals surface area contributed by atoms with Crippen LogP contribution in [0.2, 0.25) is 0 Å². The van der Waals surface area contributed by atoms with Crippen molar-refractivity contribution in [1.82, 2.24) is 9.88 Å². The number of halogens is 1. The number of nitrogens with zero attached hydrogens (tertiary/aromatic N) is 1. The number of aromatic nitrogens is 1. The van der Waals surface area contributed by atoms with Crippen molar-refractivity contribution < 1.29 is 13.9 Å². The summed E-state index contributed by atoms with van der Waals surface area (Å²) in [6.07, 6.45) is 3.80. The Morgan fingerprint density at radius 1 is 1.07 bits per heavy atom. The van der Waals surface area contributed by atoms with Crippen molar-refractivity contribution in [3.8, 4) is 22.6 Å². The van der Waals surface area contributed by atoms with Crippen LogP contribution >= 0.6 is 11.3 Å². The first-order valence-corrected chi connectivity index (χ1v) is 10.5. The topological polar surface area (TPSA) is 43.3 Å². The molecule has 30 heavy (non-hydrogen) atoms. The van der Waals surface area contributed by atoms with Crippen LogP contribution in [0.3, 0.4) is 0 Å². The molecule has 4 nitrogen and oxygen atoms in total. The highest BCUT2D eigenvalue weighted by molar-refractivity contribution is 7.13. The second-order valence-electron chi connectivity index (χ2n) is 6.65. The summed E-state index contributed by atoms with van der Waals surface area (Å²) in [7, 11) is 0. The molecule has 0 atom stereocenters. The number of hydrogen-bond donors (Lipinski definition) is 1. The molecule has 0 unspecified atom stereocenters. The summed E-state index contributed by atoms with van der Waals surface area (Å²) in [5, 5.41) is 4.94. The van der Waals surface area contributed by atoms with E-state index in [1.807, 2.05) is 65.7 Å². The molecule has 0 saturated heterocycles. The van der Waals surface area contributed by atoms with Crippen molar-refractivity contribution in [2.45, 2.75) is 13.5 Å². The van der Waals surface area contributed by atoms with Gasteiger partial charge in [0.15, 0.2) is 0 Å². The minimum Gasteiger partial charge on any atom is -0.494 e. The van der Waals surface area contributed by atoms with Crippen LogP contribution in [0.25, 0.3) is 16.8 Å². The maximum Gasteiger partial charge on any atom is 0.263 e. The van der Waals surface area contributed by atoms with Crippen LogP contribution in [0.15, 0.2) is 78.4 Å². The van der Waals surface area contributed by atoms with Crippen LogP contribution < -0.4 is 10.1 Å². The number of thiophene rings is 1. The molecule has 0 aliphatic heterocycles. The average molecular weight is 421 g/mol. The van der Waals surface area contributed by atoms with Gasteiger partial charge in [-0.2, -0.15) is 0 Å². The maximum absolute atomic E-state index is 13.4. The molecule has 0 aliphatic rings. The molecular weight excluding hydrogens is 399 g/mol. The lowest BCUT2D eigenvalue weighted by Crippen LogP contribution is -2.23. The van der Waals surface area contributed by atoms with Gasteiger partial charge in [-0.25, -0.2) is 4.39 Å². The van der Waals surface area contributed by atoms with Crippen molar-refractivity contribution in [2.75, 3.05) is 6.61 Å². The Bertz CT molecular complexity index is 1130. The van der Waals surface area contributed by atoms with Gasteiger partial charge in [0, 0.05) is 35.4 Å². The number of amides is 1. The normalized spacial score (nSPS) is 10.7. The summed E-state index contributed by atoms with van der Waals surface area (Å²) >= 11 is 1.37. The van der Waals surface area contributed by atoms with Crippen LogP contribution in [0.4, 0.5) is 4.39 Å². The van der Waals surface area contributed by atoms with Gasteiger partial charge in [0.25, 0.3) is 5.91 Å². The van der Waals surface area contributed by atoms with Crippen LogP contribution in [0, 0.1) is 5.82 Å². The minimum atomic E-state index is -0.289. The molecule has 0 radical (unpaired) electrons. The van der Waals surface area contributed by atoms with E-state index in [4.69, 9.17) is 4.74 Å². The Morgan fingerprint density at radius 2 is 1.80 bits per heavy atom. The van der Waals surface area contributed by atoms with Crippen LogP contribution in [-0.2, 0) is 6.54 Å². The Kier molecular flexibility index (Phi) is 5.95. The van der Waals surface area contributed by atoms with E-state index in [0.29, 0.717) is 18.0 Å². The fraction of sp³-hybridized carbons (Fsp3) is 0.125. The number of rotatable bonds is 7. The number of carbonyl (C=O) groups is 1. The summed E-state index contributed by atoms with van der Waals surface area (Å²) < 4.78 is 20.9. The number of para-hydroxylation sites is 1. The standard InChI is InChI=1S/C24H21FN2O2S/c1-2-29-21-8-4-3-7-18(21)15-26-24(28)23-22(27-13-5-6-14-27)20(16-30-23)17-9-11-19(25)12-10-17/h3-14,16H,2,15H2,1H3,(H,26,28). The van der Waals surface area contributed by atoms with Crippen molar-refractivity contribution >= 4 is 17.2 Å². The van der Waals surface area contributed by atoms with Gasteiger partial charge < -0.3 is 14.6 Å². The van der Waals surface area contributed by atoms with Gasteiger partial charge in [-0.05, 0) is 42.8 Å². The molecule has 1 N–H and O–H groups in total. The molecule has 4 aromatic rings. The molecule has 2 aromatic carbocycles. The predicted octanol–water partition coefficient (Wildman–Crippen LogP) is 5.67. The van der Waals surface area contributed by atoms with Gasteiger partial charge in [0.1, 0.15) is 16.4 Å². The molecule has 1 amide bonds. The van der Waals surface area contributed by atoms with Gasteiger partial charge in [0.2, 0.25) is 0 Å². The van der Waals surface area contributed by atoms with Crippen LogP contribution in [0.1, 0.15) is 22.2 Å². The van der Waals surface area contributed by atoms with Crippen molar-refractivity contribution in [3.63, 3.8) is 0 Å². The van der Waals surface area contributed by atoms with E-state index in [2.05, 4.69) is 5.32 Å². The monoisotopic (exact) mass is 420 g/mol. The van der Waals surface area contributed by atoms with Crippen molar-refractivity contribution in [3.05, 3.63) is 94.7 Å². The smallest absolute Gasteiger partial charge is 0.263 e. The van der Waals surface area contributed by atoms with E-state index in [0.717, 1.165) is 28.1 Å². The Morgan fingerprint density at radius 3 is 2.53 bits per heavy atom. The molecule has 0 bridgehead atoms. The van der Waals surface area contributed by atoms with E-state index < -0.39 is 0 Å². The van der Waals surface area contributed by atoms with Gasteiger partial charge in [0.05, 0.1) is 12.3 Å². The number of carbonyl (C=O) groups excluding carboxylic acids is 1. The Balaban J connectivity index is 1.64. The average Bonchev–Trinajstić information content (AvgIpc) is 3.43. The molecular formula is C24H21FN2O2S. The highest BCUT2D eigenvalue weighted by Crippen LogP contribution is 2.35. The van der Waals surface area contributed by atoms with Gasteiger partial charge >= 0.3 is 0 Å². The summed E-state index contributed by atoms with van der Waals surface area (Å²) in [5.74, 6) is 0.315. The predicted molar refractivity (Wildman–Crippen MR) is 118 cm³/mol. The van der Waals surface area contributed by atoms with E-state index in [1.165, 1.54) is 23.5 Å². The van der Waals surface area contributed by atoms with E-state index in [-0.39, 0.29) is 11.7 Å². The quantitative estimate of drug-likeness (QED) is 0.418. The zero-order valence-electron chi connectivity index (χ0n) is 16.5. The van der Waals surface area contributed by atoms with Gasteiger partial charge in [-0.1, -0.05) is 30.3 Å². The lowest BCUT2D eigenvalue weighted by atomic mass is 10.1. The first-order chi connectivity index (χ1) is 14.7. The van der Waals surface area contributed by atoms with E-state index >= 15 is 0 Å². The zero-order valence-corrected chi connectivity index (χ0v) is 17.3. The van der Waals surface area contributed by atoms with E-state index in [1.54, 1.807) is 12.1 Å². The Hall–Kier alpha value is -3.38. The highest BCUT2D eigenvalue weighted by atomic mass is 32.1. The summed E-state index contributed by atoms with van der Waals surface area (Å²) in [5.41, 5.74) is 3.45. The molecule has 0 fully saturated rings. The third-order valence-corrected chi connectivity index (χ3v) is 5.67. The van der Waals surface area contributed by atoms with Gasteiger partial charge in [-0.3, -0.25) is 4.79 Å². The highest BCUT2D eigenvalue weighted by Gasteiger charge is 2.20. The molecule has 0 aliphatic carbocycles. The molecule has 152 valence electrons. The fourth-order valence-electron chi connectivity index (χ4n) is 3.29. The van der Waals surface area contributed by atoms with Crippen LogP contribution in [-0.4, -0.2) is 17.1 Å². The number of ether oxygens (including phenoxy) is 1. The number of benzene rings is 2. The molecule has 6 heteroatoms. The number of hydrogen-bond acceptors (Lipinski definition) is 3. The first-order valence-electron chi connectivity index (χ1n) is 9.67. The summed E-state index contributed by atoms with van der Waals surface area (Å²) in [6.45, 7) is 2.86. The van der Waals surface area contributed by atoms with Crippen molar-refractivity contribution in [2.24, 2.45) is 0 Å².